The Morgan fingerprint density at radius 1 is 1.04 bits per heavy atom. The monoisotopic (exact) mass is 768 g/mol. The molecule has 1 fully saturated rings. The molecule has 2 bridgehead atoms. The fourth-order valence-corrected chi connectivity index (χ4v) is 7.30. The first-order valence-electron chi connectivity index (χ1n) is 14.3. The van der Waals surface area contributed by atoms with Gasteiger partial charge in [0.25, 0.3) is 5.56 Å². The van der Waals surface area contributed by atoms with Gasteiger partial charge in [-0.3, -0.25) is 37.4 Å². The van der Waals surface area contributed by atoms with Crippen molar-refractivity contribution in [2.45, 2.75) is 43.0 Å². The van der Waals surface area contributed by atoms with Crippen LogP contribution in [0, 0.1) is 0 Å². The van der Waals surface area contributed by atoms with E-state index in [2.05, 4.69) is 29.9 Å². The molecule has 8 atom stereocenters. The number of rotatable bonds is 5. The third-order valence-electron chi connectivity index (χ3n) is 7.65. The Labute approximate surface area is 280 Å². The quantitative estimate of drug-likeness (QED) is 0.171. The Kier molecular flexibility index (Phi) is 8.81. The number of nitrogens with one attached hydrogen (secondary N) is 1. The number of hydrogen-bond donors (Lipinski definition) is 5. The van der Waals surface area contributed by atoms with E-state index in [9.17, 15) is 36.9 Å². The molecule has 3 aliphatic heterocycles. The molecule has 3 aliphatic rings. The van der Waals surface area contributed by atoms with Gasteiger partial charge < -0.3 is 39.8 Å². The van der Waals surface area contributed by atoms with Gasteiger partial charge in [0.2, 0.25) is 12.2 Å². The molecule has 4 aromatic heterocycles. The molecule has 1 saturated heterocycles. The van der Waals surface area contributed by atoms with E-state index in [1.54, 1.807) is 0 Å². The summed E-state index contributed by atoms with van der Waals surface area (Å²) in [6.07, 6.45) is -11.7. The second-order valence-electron chi connectivity index (χ2n) is 10.9. The highest BCUT2D eigenvalue weighted by Gasteiger charge is 2.54. The van der Waals surface area contributed by atoms with Gasteiger partial charge in [0, 0.05) is 7.11 Å². The number of nitrogens with zero attached hydrogens (tertiary/aromatic N) is 7. The highest BCUT2D eigenvalue weighted by molar-refractivity contribution is 7.47. The van der Waals surface area contributed by atoms with E-state index in [0.717, 1.165) is 17.2 Å². The molecule has 0 aliphatic carbocycles. The van der Waals surface area contributed by atoms with Crippen molar-refractivity contribution in [1.29, 1.82) is 0 Å². The highest BCUT2D eigenvalue weighted by Crippen LogP contribution is 2.55. The topological polar surface area (TPSA) is 308 Å². The first-order valence-corrected chi connectivity index (χ1v) is 17.3. The Bertz CT molecular complexity index is 2180. The zero-order valence-electron chi connectivity index (χ0n) is 25.5. The van der Waals surface area contributed by atoms with Crippen LogP contribution in [0.25, 0.3) is 22.3 Å². The van der Waals surface area contributed by atoms with Crippen LogP contribution in [-0.4, -0.2) is 106 Å². The van der Waals surface area contributed by atoms with Gasteiger partial charge in [0.15, 0.2) is 46.5 Å². The van der Waals surface area contributed by atoms with Crippen molar-refractivity contribution in [2.24, 2.45) is 0 Å². The first kappa shape index (κ1) is 35.2. The van der Waals surface area contributed by atoms with Crippen LogP contribution in [0.2, 0.25) is 0 Å². The number of H-pyrrole nitrogens is 1. The molecule has 276 valence electrons. The average Bonchev–Trinajstić information content (AvgIpc) is 3.81. The van der Waals surface area contributed by atoms with Gasteiger partial charge in [-0.15, -0.1) is 0 Å². The molecule has 0 spiro atoms. The number of imidazole rings is 2. The van der Waals surface area contributed by atoms with Crippen molar-refractivity contribution in [2.75, 3.05) is 38.4 Å². The van der Waals surface area contributed by atoms with E-state index in [-0.39, 0.29) is 34.1 Å². The fraction of sp³-hybridized carbons (Fsp3) is 0.478. The second kappa shape index (κ2) is 12.8. The third-order valence-corrected chi connectivity index (χ3v) is 9.52. The van der Waals surface area contributed by atoms with Crippen LogP contribution in [-0.2, 0) is 46.2 Å². The maximum Gasteiger partial charge on any atom is 0.527 e. The predicted octanol–water partition coefficient (Wildman–Crippen LogP) is 0.374. The number of ether oxygens (including phenoxy) is 4. The van der Waals surface area contributed by atoms with Crippen LogP contribution in [0.5, 0.6) is 0 Å². The van der Waals surface area contributed by atoms with Crippen molar-refractivity contribution < 1.29 is 69.1 Å². The normalized spacial score (nSPS) is 31.9. The van der Waals surface area contributed by atoms with Crippen LogP contribution in [0.15, 0.2) is 35.3 Å². The lowest BCUT2D eigenvalue weighted by Gasteiger charge is -2.27. The molecule has 0 aromatic carbocycles. The summed E-state index contributed by atoms with van der Waals surface area (Å²) in [6, 6.07) is 0. The van der Waals surface area contributed by atoms with Crippen LogP contribution in [0.3, 0.4) is 0 Å². The van der Waals surface area contributed by atoms with Crippen LogP contribution < -0.4 is 17.0 Å². The molecule has 0 amide bonds. The molecule has 0 saturated carbocycles. The van der Waals surface area contributed by atoms with Gasteiger partial charge in [0.05, 0.1) is 12.9 Å². The molecule has 4 aromatic rings. The summed E-state index contributed by atoms with van der Waals surface area (Å²) in [5.41, 5.74) is 10.5. The molecule has 7 N–H and O–H groups in total. The van der Waals surface area contributed by atoms with Crippen LogP contribution in [0.1, 0.15) is 12.5 Å². The Morgan fingerprint density at radius 2 is 1.76 bits per heavy atom. The number of nitrogen functional groups attached to an aromatic ring is 2. The highest BCUT2D eigenvalue weighted by atomic mass is 31.2. The van der Waals surface area contributed by atoms with E-state index in [1.165, 1.54) is 18.0 Å². The van der Waals surface area contributed by atoms with E-state index in [4.69, 9.17) is 48.5 Å². The van der Waals surface area contributed by atoms with Gasteiger partial charge >= 0.3 is 21.8 Å². The average molecular weight is 768 g/mol. The van der Waals surface area contributed by atoms with Gasteiger partial charge in [-0.05, 0) is 0 Å². The van der Waals surface area contributed by atoms with Crippen molar-refractivity contribution in [3.8, 4) is 0 Å². The number of anilines is 2. The number of hydrogen-bond acceptors (Lipinski definition) is 18. The minimum Gasteiger partial charge on any atom is -0.465 e. The van der Waals surface area contributed by atoms with E-state index in [0.29, 0.717) is 0 Å². The summed E-state index contributed by atoms with van der Waals surface area (Å²) in [5.74, 6) is -1.38. The largest absolute Gasteiger partial charge is 0.527 e. The zero-order chi connectivity index (χ0) is 36.5. The number of alkyl halides is 3. The molecule has 28 heteroatoms. The minimum absolute atomic E-state index is 0.0159. The molecular formula is C23H25F3N10O13P2. The standard InChI is InChI=1S/C23H25F3N10O13P2/c1-42-14-13-9(47-20(14)35-6-31-10-16(27)29-5-30-17(10)35)3-45-51(40,41)49-15-12(43-4-23(24,25)26)8(2-44-50(38,39)48-13)46-21(15)36-7-32-11-18(36)33-22(28)34-19(11)37/h5-8,12,14-15,20-21H,2-4H2,1H3,(H,38,39)(H,40,41)(H2,27,29,30)(H3,28,33,34,37)/t8-,12?,14?,15?,20-,21-/m1/s1. The molecule has 7 heterocycles. The van der Waals surface area contributed by atoms with Crippen molar-refractivity contribution in [3.63, 3.8) is 0 Å². The molecule has 0 radical (unpaired) electrons. The number of methoxy groups -OCH3 is 1. The summed E-state index contributed by atoms with van der Waals surface area (Å²) >= 11 is 0. The number of aromatic amines is 1. The molecular weight excluding hydrogens is 743 g/mol. The van der Waals surface area contributed by atoms with E-state index >= 15 is 0 Å². The van der Waals surface area contributed by atoms with Crippen molar-refractivity contribution >= 4 is 49.7 Å². The summed E-state index contributed by atoms with van der Waals surface area (Å²) in [6.45, 7) is -3.97. The zero-order valence-corrected chi connectivity index (χ0v) is 27.3. The van der Waals surface area contributed by atoms with Gasteiger partial charge in [-0.1, -0.05) is 0 Å². The van der Waals surface area contributed by atoms with Gasteiger partial charge in [-0.2, -0.15) is 18.2 Å². The van der Waals surface area contributed by atoms with Crippen LogP contribution >= 0.6 is 15.6 Å². The number of phosphoric acid groups is 2. The van der Waals surface area contributed by atoms with Gasteiger partial charge in [-0.25, -0.2) is 29.1 Å². The fourth-order valence-electron chi connectivity index (χ4n) is 5.59. The SMILES string of the molecule is COC1C2=C(COP(=O)(O)OC3C(OCC(F)(F)F)[C@@H](COP(=O)(O)O2)O[C@H]3n2cnc3c(=O)[nH]c(N)nc32)O[C@H]1n1cnc2c(N)ncnc21. The number of phosphoric ester groups is 2. The van der Waals surface area contributed by atoms with Crippen LogP contribution in [0.4, 0.5) is 24.9 Å². The molecule has 7 rings (SSSR count). The molecule has 23 nitrogen and oxygen atoms in total. The Hall–Kier alpha value is -4.23. The Balaban J connectivity index is 1.26. The maximum atomic E-state index is 13.5. The van der Waals surface area contributed by atoms with E-state index in [1.807, 2.05) is 0 Å². The van der Waals surface area contributed by atoms with Crippen molar-refractivity contribution in [1.82, 2.24) is 39.0 Å². The molecule has 5 unspecified atom stereocenters. The second-order valence-corrected chi connectivity index (χ2v) is 13.7. The Morgan fingerprint density at radius 3 is 2.49 bits per heavy atom. The lowest BCUT2D eigenvalue weighted by molar-refractivity contribution is -0.196. The van der Waals surface area contributed by atoms with Gasteiger partial charge in [0.1, 0.15) is 49.7 Å². The van der Waals surface area contributed by atoms with E-state index < -0.39 is 95.6 Å². The maximum absolute atomic E-state index is 13.5. The number of aromatic nitrogens is 8. The lowest BCUT2D eigenvalue weighted by Crippen LogP contribution is -2.40. The number of fused-ring (bicyclic) bond motifs is 4. The molecule has 51 heavy (non-hydrogen) atoms. The summed E-state index contributed by atoms with van der Waals surface area (Å²) in [4.78, 5) is 56.4. The first-order chi connectivity index (χ1) is 24.0. The predicted molar refractivity (Wildman–Crippen MR) is 157 cm³/mol. The number of nitrogens with two attached hydrogens (primary N) is 2. The van der Waals surface area contributed by atoms with Crippen molar-refractivity contribution in [3.05, 3.63) is 40.9 Å². The third kappa shape index (κ3) is 6.77. The smallest absolute Gasteiger partial charge is 0.465 e. The number of halogens is 3. The summed E-state index contributed by atoms with van der Waals surface area (Å²) < 4.78 is 113. The summed E-state index contributed by atoms with van der Waals surface area (Å²) in [5, 5.41) is 0. The summed E-state index contributed by atoms with van der Waals surface area (Å²) in [7, 11) is -9.48. The minimum atomic E-state index is -5.38. The lowest BCUT2D eigenvalue weighted by atomic mass is 10.1.